The van der Waals surface area contributed by atoms with Gasteiger partial charge in [-0.3, -0.25) is 0 Å². The van der Waals surface area contributed by atoms with Crippen LogP contribution in [-0.2, 0) is 0 Å². The van der Waals surface area contributed by atoms with Crippen LogP contribution < -0.4 is 5.32 Å². The molecule has 1 aromatic carbocycles. The third-order valence-electron chi connectivity index (χ3n) is 1.55. The van der Waals surface area contributed by atoms with E-state index in [0.29, 0.717) is 0 Å². The Morgan fingerprint density at radius 3 is 2.73 bits per heavy atom. The first kappa shape index (κ1) is 8.60. The molecular weight excluding hydrogens is 202 g/mol. The van der Waals surface area contributed by atoms with Crippen LogP contribution in [0.3, 0.4) is 0 Å². The molecule has 0 atom stereocenters. The second kappa shape index (κ2) is 3.77. The van der Waals surface area contributed by atoms with Crippen LogP contribution in [0, 0.1) is 6.92 Å². The number of anilines is 1. The lowest BCUT2D eigenvalue weighted by Crippen LogP contribution is -1.95. The van der Waals surface area contributed by atoms with Gasteiger partial charge < -0.3 is 5.32 Å². The Labute approximate surface area is 75.9 Å². The third-order valence-corrected chi connectivity index (χ3v) is 2.41. The van der Waals surface area contributed by atoms with E-state index in [2.05, 4.69) is 53.3 Å². The molecule has 0 saturated carbocycles. The van der Waals surface area contributed by atoms with Crippen molar-refractivity contribution in [3.8, 4) is 0 Å². The van der Waals surface area contributed by atoms with Crippen molar-refractivity contribution < 1.29 is 0 Å². The number of nitrogens with one attached hydrogen (secondary N) is 1. The predicted molar refractivity (Wildman–Crippen MR) is 53.0 cm³/mol. The number of rotatable bonds is 2. The molecule has 0 radical (unpaired) electrons. The maximum Gasteiger partial charge on any atom is 0.0351 e. The van der Waals surface area contributed by atoms with Crippen LogP contribution in [0.25, 0.3) is 0 Å². The van der Waals surface area contributed by atoms with E-state index >= 15 is 0 Å². The molecule has 0 amide bonds. The van der Waals surface area contributed by atoms with Crippen molar-refractivity contribution in [1.29, 1.82) is 0 Å². The molecule has 0 heterocycles. The highest BCUT2D eigenvalue weighted by Gasteiger charge is 1.94. The molecule has 0 unspecified atom stereocenters. The van der Waals surface area contributed by atoms with Crippen molar-refractivity contribution in [3.05, 3.63) is 28.2 Å². The first-order valence-electron chi connectivity index (χ1n) is 3.74. The molecule has 1 nitrogen and oxygen atoms in total. The Bertz CT molecular complexity index is 245. The van der Waals surface area contributed by atoms with E-state index in [1.807, 2.05) is 0 Å². The summed E-state index contributed by atoms with van der Waals surface area (Å²) < 4.78 is 1.16. The van der Waals surface area contributed by atoms with Crippen LogP contribution in [-0.4, -0.2) is 6.54 Å². The van der Waals surface area contributed by atoms with Gasteiger partial charge >= 0.3 is 0 Å². The molecule has 0 aliphatic rings. The van der Waals surface area contributed by atoms with Gasteiger partial charge in [0.25, 0.3) is 0 Å². The molecule has 1 aromatic rings. The summed E-state index contributed by atoms with van der Waals surface area (Å²) in [6.45, 7) is 5.14. The topological polar surface area (TPSA) is 12.0 Å². The molecule has 11 heavy (non-hydrogen) atoms. The van der Waals surface area contributed by atoms with Gasteiger partial charge in [-0.25, -0.2) is 0 Å². The van der Waals surface area contributed by atoms with Crippen LogP contribution in [0.15, 0.2) is 22.7 Å². The number of benzene rings is 1. The van der Waals surface area contributed by atoms with Crippen LogP contribution in [0.5, 0.6) is 0 Å². The molecule has 60 valence electrons. The molecule has 0 saturated heterocycles. The first-order chi connectivity index (χ1) is 5.24. The Morgan fingerprint density at radius 1 is 1.45 bits per heavy atom. The quantitative estimate of drug-likeness (QED) is 0.797. The molecule has 1 rings (SSSR count). The lowest BCUT2D eigenvalue weighted by atomic mass is 10.2. The summed E-state index contributed by atoms with van der Waals surface area (Å²) in [6, 6.07) is 6.28. The van der Waals surface area contributed by atoms with Crippen LogP contribution >= 0.6 is 15.9 Å². The van der Waals surface area contributed by atoms with E-state index in [9.17, 15) is 0 Å². The summed E-state index contributed by atoms with van der Waals surface area (Å²) in [5, 5.41) is 3.25. The highest BCUT2D eigenvalue weighted by atomic mass is 79.9. The Balaban J connectivity index is 2.86. The fraction of sp³-hybridized carbons (Fsp3) is 0.333. The minimum Gasteiger partial charge on any atom is -0.385 e. The second-order valence-electron chi connectivity index (χ2n) is 2.49. The van der Waals surface area contributed by atoms with Crippen molar-refractivity contribution in [1.82, 2.24) is 0 Å². The van der Waals surface area contributed by atoms with Gasteiger partial charge in [0.05, 0.1) is 0 Å². The average Bonchev–Trinajstić information content (AvgIpc) is 1.98. The lowest BCUT2D eigenvalue weighted by molar-refractivity contribution is 1.21. The maximum atomic E-state index is 3.48. The zero-order valence-corrected chi connectivity index (χ0v) is 8.40. The smallest absolute Gasteiger partial charge is 0.0351 e. The van der Waals surface area contributed by atoms with Gasteiger partial charge in [0, 0.05) is 16.7 Å². The third kappa shape index (κ3) is 2.22. The van der Waals surface area contributed by atoms with E-state index in [-0.39, 0.29) is 0 Å². The minimum atomic E-state index is 0.968. The highest BCUT2D eigenvalue weighted by molar-refractivity contribution is 9.10. The summed E-state index contributed by atoms with van der Waals surface area (Å²) in [7, 11) is 0. The molecule has 0 aromatic heterocycles. The molecule has 2 heteroatoms. The van der Waals surface area contributed by atoms with Crippen molar-refractivity contribution in [2.24, 2.45) is 0 Å². The number of hydrogen-bond acceptors (Lipinski definition) is 1. The standard InChI is InChI=1S/C9H12BrN/c1-3-11-8-5-4-7(2)9(10)6-8/h4-6,11H,3H2,1-2H3. The second-order valence-corrected chi connectivity index (χ2v) is 3.35. The van der Waals surface area contributed by atoms with Gasteiger partial charge in [-0.1, -0.05) is 22.0 Å². The van der Waals surface area contributed by atoms with Gasteiger partial charge in [-0.15, -0.1) is 0 Å². The normalized spacial score (nSPS) is 9.73. The van der Waals surface area contributed by atoms with Crippen LogP contribution in [0.4, 0.5) is 5.69 Å². The van der Waals surface area contributed by atoms with Crippen LogP contribution in [0.1, 0.15) is 12.5 Å². The van der Waals surface area contributed by atoms with E-state index in [1.54, 1.807) is 0 Å². The molecular formula is C9H12BrN. The van der Waals surface area contributed by atoms with E-state index < -0.39 is 0 Å². The monoisotopic (exact) mass is 213 g/mol. The summed E-state index contributed by atoms with van der Waals surface area (Å²) in [4.78, 5) is 0. The highest BCUT2D eigenvalue weighted by Crippen LogP contribution is 2.20. The fourth-order valence-electron chi connectivity index (χ4n) is 0.907. The van der Waals surface area contributed by atoms with Gasteiger partial charge in [-0.2, -0.15) is 0 Å². The molecule has 0 spiro atoms. The molecule has 1 N–H and O–H groups in total. The van der Waals surface area contributed by atoms with Gasteiger partial charge in [0.2, 0.25) is 0 Å². The Hall–Kier alpha value is -0.500. The van der Waals surface area contributed by atoms with Gasteiger partial charge in [-0.05, 0) is 31.5 Å². The largest absolute Gasteiger partial charge is 0.385 e. The van der Waals surface area contributed by atoms with Crippen molar-refractivity contribution >= 4 is 21.6 Å². The van der Waals surface area contributed by atoms with Crippen LogP contribution in [0.2, 0.25) is 0 Å². The zero-order valence-electron chi connectivity index (χ0n) is 6.82. The minimum absolute atomic E-state index is 0.968. The van der Waals surface area contributed by atoms with Gasteiger partial charge in [0.15, 0.2) is 0 Å². The summed E-state index contributed by atoms with van der Waals surface area (Å²) in [5.41, 5.74) is 2.44. The first-order valence-corrected chi connectivity index (χ1v) is 4.53. The molecule has 0 fully saturated rings. The summed E-state index contributed by atoms with van der Waals surface area (Å²) in [5.74, 6) is 0. The van der Waals surface area contributed by atoms with E-state index in [1.165, 1.54) is 11.3 Å². The Kier molecular flexibility index (Phi) is 2.94. The number of halogens is 1. The SMILES string of the molecule is CCNc1ccc(C)c(Br)c1. The van der Waals surface area contributed by atoms with E-state index in [4.69, 9.17) is 0 Å². The molecule has 0 bridgehead atoms. The van der Waals surface area contributed by atoms with E-state index in [0.717, 1.165) is 11.0 Å². The average molecular weight is 214 g/mol. The summed E-state index contributed by atoms with van der Waals surface area (Å²) >= 11 is 3.48. The molecule has 0 aliphatic carbocycles. The lowest BCUT2D eigenvalue weighted by Gasteiger charge is -2.04. The van der Waals surface area contributed by atoms with Gasteiger partial charge in [0.1, 0.15) is 0 Å². The Morgan fingerprint density at radius 2 is 2.18 bits per heavy atom. The van der Waals surface area contributed by atoms with Crippen molar-refractivity contribution in [3.63, 3.8) is 0 Å². The number of hydrogen-bond donors (Lipinski definition) is 1. The predicted octanol–water partition coefficient (Wildman–Crippen LogP) is 3.19. The number of aryl methyl sites for hydroxylation is 1. The zero-order chi connectivity index (χ0) is 8.27. The summed E-state index contributed by atoms with van der Waals surface area (Å²) in [6.07, 6.45) is 0. The fourth-order valence-corrected chi connectivity index (χ4v) is 1.29. The maximum absolute atomic E-state index is 3.48. The van der Waals surface area contributed by atoms with Crippen molar-refractivity contribution in [2.75, 3.05) is 11.9 Å². The van der Waals surface area contributed by atoms with Crippen molar-refractivity contribution in [2.45, 2.75) is 13.8 Å². The molecule has 0 aliphatic heterocycles.